The number of rotatable bonds is 5. The Hall–Kier alpha value is -0.0800. The average Bonchev–Trinajstić information content (AvgIpc) is 2.19. The summed E-state index contributed by atoms with van der Waals surface area (Å²) in [4.78, 5) is 2.60. The third kappa shape index (κ3) is 4.63. The van der Waals surface area contributed by atoms with Crippen molar-refractivity contribution in [3.63, 3.8) is 0 Å². The molecule has 0 aromatic heterocycles. The Morgan fingerprint density at radius 2 is 1.92 bits per heavy atom. The van der Waals surface area contributed by atoms with E-state index in [2.05, 4.69) is 11.8 Å². The molecule has 1 rings (SSSR count). The van der Waals surface area contributed by atoms with Crippen molar-refractivity contribution in [2.45, 2.75) is 39.0 Å². The minimum absolute atomic E-state index is 0.713. The van der Waals surface area contributed by atoms with Gasteiger partial charge < -0.3 is 10.6 Å². The highest BCUT2D eigenvalue weighted by Gasteiger charge is 2.09. The van der Waals surface area contributed by atoms with Gasteiger partial charge in [0, 0.05) is 0 Å². The molecule has 0 amide bonds. The predicted octanol–water partition coefficient (Wildman–Crippen LogP) is 1.85. The van der Waals surface area contributed by atoms with E-state index >= 15 is 0 Å². The van der Waals surface area contributed by atoms with Gasteiger partial charge in [-0.25, -0.2) is 0 Å². The fourth-order valence-corrected chi connectivity index (χ4v) is 1.96. The maximum atomic E-state index is 5.58. The molecule has 0 saturated carbocycles. The first-order chi connectivity index (χ1) is 6.33. The molecule has 2 nitrogen and oxygen atoms in total. The van der Waals surface area contributed by atoms with Crippen LogP contribution in [-0.4, -0.2) is 31.1 Å². The number of hydrogen-bond acceptors (Lipinski definition) is 2. The molecule has 0 aromatic carbocycles. The minimum atomic E-state index is 0.713. The molecule has 1 fully saturated rings. The van der Waals surface area contributed by atoms with Crippen molar-refractivity contribution in [3.8, 4) is 0 Å². The third-order valence-corrected chi connectivity index (χ3v) is 3.02. The molecule has 1 heterocycles. The fraction of sp³-hybridized carbons (Fsp3) is 1.00. The standard InChI is InChI=1S/C11H24N2/c1-11(10-12)6-5-9-13-7-3-2-4-8-13/h11H,2-10,12H2,1H3. The van der Waals surface area contributed by atoms with Gasteiger partial charge in [-0.15, -0.1) is 0 Å². The zero-order valence-corrected chi connectivity index (χ0v) is 8.97. The van der Waals surface area contributed by atoms with Gasteiger partial charge in [-0.3, -0.25) is 0 Å². The first-order valence-corrected chi connectivity index (χ1v) is 5.75. The van der Waals surface area contributed by atoms with E-state index in [1.165, 1.54) is 51.7 Å². The van der Waals surface area contributed by atoms with Crippen LogP contribution < -0.4 is 5.73 Å². The maximum Gasteiger partial charge on any atom is -0.00186 e. The summed E-state index contributed by atoms with van der Waals surface area (Å²) in [6, 6.07) is 0. The van der Waals surface area contributed by atoms with Crippen LogP contribution in [-0.2, 0) is 0 Å². The number of nitrogens with two attached hydrogens (primary N) is 1. The van der Waals surface area contributed by atoms with Gasteiger partial charge in [0.15, 0.2) is 0 Å². The van der Waals surface area contributed by atoms with Crippen LogP contribution in [0, 0.1) is 5.92 Å². The molecule has 1 unspecified atom stereocenters. The van der Waals surface area contributed by atoms with E-state index in [4.69, 9.17) is 5.73 Å². The summed E-state index contributed by atoms with van der Waals surface area (Å²) in [5.41, 5.74) is 5.58. The van der Waals surface area contributed by atoms with E-state index < -0.39 is 0 Å². The number of piperidine rings is 1. The number of likely N-dealkylation sites (tertiary alicyclic amines) is 1. The van der Waals surface area contributed by atoms with Crippen molar-refractivity contribution in [1.29, 1.82) is 0 Å². The molecular weight excluding hydrogens is 160 g/mol. The second-order valence-electron chi connectivity index (χ2n) is 4.39. The SMILES string of the molecule is CC(CN)CCCN1CCCCC1. The van der Waals surface area contributed by atoms with E-state index in [-0.39, 0.29) is 0 Å². The molecule has 2 N–H and O–H groups in total. The summed E-state index contributed by atoms with van der Waals surface area (Å²) in [5.74, 6) is 0.713. The monoisotopic (exact) mass is 184 g/mol. The normalized spacial score (nSPS) is 21.7. The Balaban J connectivity index is 1.98. The van der Waals surface area contributed by atoms with Gasteiger partial charge in [0.25, 0.3) is 0 Å². The molecule has 0 radical (unpaired) electrons. The summed E-state index contributed by atoms with van der Waals surface area (Å²) < 4.78 is 0. The number of nitrogens with zero attached hydrogens (tertiary/aromatic N) is 1. The van der Waals surface area contributed by atoms with E-state index in [0.717, 1.165) is 6.54 Å². The molecule has 0 spiro atoms. The lowest BCUT2D eigenvalue weighted by atomic mass is 10.1. The van der Waals surface area contributed by atoms with Crippen LogP contribution in [0.1, 0.15) is 39.0 Å². The molecule has 13 heavy (non-hydrogen) atoms. The molecule has 2 heteroatoms. The summed E-state index contributed by atoms with van der Waals surface area (Å²) in [6.07, 6.45) is 6.89. The van der Waals surface area contributed by atoms with Crippen molar-refractivity contribution in [2.75, 3.05) is 26.2 Å². The van der Waals surface area contributed by atoms with Gasteiger partial charge in [-0.2, -0.15) is 0 Å². The van der Waals surface area contributed by atoms with Crippen LogP contribution in [0.3, 0.4) is 0 Å². The van der Waals surface area contributed by atoms with Gasteiger partial charge in [-0.05, 0) is 57.8 Å². The summed E-state index contributed by atoms with van der Waals surface area (Å²) in [7, 11) is 0. The van der Waals surface area contributed by atoms with E-state index in [1.54, 1.807) is 0 Å². The van der Waals surface area contributed by atoms with E-state index in [1.807, 2.05) is 0 Å². The van der Waals surface area contributed by atoms with Crippen LogP contribution in [0.15, 0.2) is 0 Å². The first kappa shape index (κ1) is 11.0. The lowest BCUT2D eigenvalue weighted by Crippen LogP contribution is -2.30. The van der Waals surface area contributed by atoms with E-state index in [0.29, 0.717) is 5.92 Å². The van der Waals surface area contributed by atoms with Crippen LogP contribution in [0.4, 0.5) is 0 Å². The molecule has 78 valence electrons. The predicted molar refractivity (Wildman–Crippen MR) is 57.7 cm³/mol. The van der Waals surface area contributed by atoms with Gasteiger partial charge >= 0.3 is 0 Å². The molecule has 1 aliphatic rings. The molecular formula is C11H24N2. The van der Waals surface area contributed by atoms with Crippen LogP contribution in [0.5, 0.6) is 0 Å². The number of hydrogen-bond donors (Lipinski definition) is 1. The molecule has 0 aromatic rings. The molecule has 0 bridgehead atoms. The molecule has 1 atom stereocenters. The largest absolute Gasteiger partial charge is 0.330 e. The van der Waals surface area contributed by atoms with Crippen LogP contribution >= 0.6 is 0 Å². The van der Waals surface area contributed by atoms with Gasteiger partial charge in [0.05, 0.1) is 0 Å². The lowest BCUT2D eigenvalue weighted by molar-refractivity contribution is 0.221. The zero-order valence-electron chi connectivity index (χ0n) is 8.97. The Kier molecular flexibility index (Phi) is 5.40. The van der Waals surface area contributed by atoms with Crippen LogP contribution in [0.2, 0.25) is 0 Å². The second-order valence-corrected chi connectivity index (χ2v) is 4.39. The topological polar surface area (TPSA) is 29.3 Å². The minimum Gasteiger partial charge on any atom is -0.330 e. The Morgan fingerprint density at radius 1 is 1.23 bits per heavy atom. The Morgan fingerprint density at radius 3 is 2.54 bits per heavy atom. The highest BCUT2D eigenvalue weighted by atomic mass is 15.1. The van der Waals surface area contributed by atoms with Gasteiger partial charge in [0.1, 0.15) is 0 Å². The van der Waals surface area contributed by atoms with Crippen molar-refractivity contribution in [2.24, 2.45) is 11.7 Å². The smallest absolute Gasteiger partial charge is 0.00186 e. The fourth-order valence-electron chi connectivity index (χ4n) is 1.96. The second kappa shape index (κ2) is 6.39. The van der Waals surface area contributed by atoms with E-state index in [9.17, 15) is 0 Å². The Labute approximate surface area is 82.5 Å². The molecule has 1 aliphatic heterocycles. The summed E-state index contributed by atoms with van der Waals surface area (Å²) in [5, 5.41) is 0. The Bertz CT molecular complexity index is 119. The summed E-state index contributed by atoms with van der Waals surface area (Å²) >= 11 is 0. The molecule has 1 saturated heterocycles. The highest BCUT2D eigenvalue weighted by molar-refractivity contribution is 4.65. The van der Waals surface area contributed by atoms with Crippen molar-refractivity contribution in [3.05, 3.63) is 0 Å². The molecule has 0 aliphatic carbocycles. The average molecular weight is 184 g/mol. The summed E-state index contributed by atoms with van der Waals surface area (Å²) in [6.45, 7) is 7.05. The zero-order chi connectivity index (χ0) is 9.52. The van der Waals surface area contributed by atoms with Crippen molar-refractivity contribution >= 4 is 0 Å². The third-order valence-electron chi connectivity index (χ3n) is 3.02. The first-order valence-electron chi connectivity index (χ1n) is 5.75. The van der Waals surface area contributed by atoms with Crippen molar-refractivity contribution < 1.29 is 0 Å². The highest BCUT2D eigenvalue weighted by Crippen LogP contribution is 2.11. The quantitative estimate of drug-likeness (QED) is 0.706. The lowest BCUT2D eigenvalue weighted by Gasteiger charge is -2.26. The van der Waals surface area contributed by atoms with Crippen LogP contribution in [0.25, 0.3) is 0 Å². The van der Waals surface area contributed by atoms with Gasteiger partial charge in [0.2, 0.25) is 0 Å². The van der Waals surface area contributed by atoms with Crippen molar-refractivity contribution in [1.82, 2.24) is 4.90 Å². The van der Waals surface area contributed by atoms with Gasteiger partial charge in [-0.1, -0.05) is 13.3 Å². The maximum absolute atomic E-state index is 5.58.